The summed E-state index contributed by atoms with van der Waals surface area (Å²) in [6.07, 6.45) is 14.2. The molecule has 0 radical (unpaired) electrons. The second-order valence-electron chi connectivity index (χ2n) is 14.3. The minimum atomic E-state index is -0.722. The molecule has 3 fully saturated rings. The summed E-state index contributed by atoms with van der Waals surface area (Å²) < 4.78 is 6.30. The number of carbonyl (C=O) groups is 1. The van der Waals surface area contributed by atoms with Gasteiger partial charge in [-0.05, 0) is 112 Å². The Balaban J connectivity index is 1.19. The molecular weight excluding hydrogens is 621 g/mol. The molecule has 2 atom stereocenters. The number of carboxylic acids is 1. The van der Waals surface area contributed by atoms with Gasteiger partial charge in [-0.1, -0.05) is 43.5 Å². The quantitative estimate of drug-likeness (QED) is 0.255. The number of hydrogen-bond donors (Lipinski definition) is 1. The van der Waals surface area contributed by atoms with Crippen molar-refractivity contribution < 1.29 is 14.6 Å². The van der Waals surface area contributed by atoms with Crippen molar-refractivity contribution in [3.05, 3.63) is 58.3 Å². The van der Waals surface area contributed by atoms with Gasteiger partial charge >= 0.3 is 5.97 Å². The lowest BCUT2D eigenvalue weighted by Crippen LogP contribution is -2.47. The highest BCUT2D eigenvalue weighted by Crippen LogP contribution is 2.41. The SMILES string of the molecule is CC1(C)CCCC2C(CCCN2c2ncc(Oc3cc(CN4CCC(CC(=O)O)CC4)cc(-c4cc(Cl)cc(Cl)c4)n3)cn2)CC1. The van der Waals surface area contributed by atoms with Gasteiger partial charge in [0, 0.05) is 47.2 Å². The summed E-state index contributed by atoms with van der Waals surface area (Å²) >= 11 is 12.7. The largest absolute Gasteiger partial charge is 0.481 e. The number of ether oxygens (including phenoxy) is 1. The molecule has 8 nitrogen and oxygen atoms in total. The van der Waals surface area contributed by atoms with E-state index in [2.05, 4.69) is 23.6 Å². The van der Waals surface area contributed by atoms with Gasteiger partial charge in [0.05, 0.1) is 18.1 Å². The van der Waals surface area contributed by atoms with Crippen LogP contribution >= 0.6 is 23.2 Å². The zero-order chi connectivity index (χ0) is 32.3. The van der Waals surface area contributed by atoms with Crippen LogP contribution < -0.4 is 9.64 Å². The topological polar surface area (TPSA) is 91.7 Å². The van der Waals surface area contributed by atoms with Gasteiger partial charge in [0.1, 0.15) is 0 Å². The second kappa shape index (κ2) is 14.4. The first-order valence-electron chi connectivity index (χ1n) is 16.8. The van der Waals surface area contributed by atoms with Crippen LogP contribution in [0.3, 0.4) is 0 Å². The van der Waals surface area contributed by atoms with Crippen molar-refractivity contribution in [3.63, 3.8) is 0 Å². The Morgan fingerprint density at radius 3 is 2.39 bits per heavy atom. The maximum absolute atomic E-state index is 11.2. The third-order valence-corrected chi connectivity index (χ3v) is 10.6. The first kappa shape index (κ1) is 33.0. The maximum atomic E-state index is 11.2. The lowest BCUT2D eigenvalue weighted by Gasteiger charge is -2.44. The summed E-state index contributed by atoms with van der Waals surface area (Å²) in [5, 5.41) is 10.3. The van der Waals surface area contributed by atoms with Gasteiger partial charge in [-0.3, -0.25) is 9.69 Å². The Kier molecular flexibility index (Phi) is 10.4. The zero-order valence-corrected chi connectivity index (χ0v) is 28.4. The van der Waals surface area contributed by atoms with Crippen LogP contribution in [0.5, 0.6) is 11.6 Å². The normalized spacial score (nSPS) is 22.5. The molecule has 4 heterocycles. The smallest absolute Gasteiger partial charge is 0.303 e. The molecule has 0 spiro atoms. The molecular formula is C36H45Cl2N5O3. The monoisotopic (exact) mass is 665 g/mol. The number of anilines is 1. The van der Waals surface area contributed by atoms with E-state index < -0.39 is 5.97 Å². The van der Waals surface area contributed by atoms with Crippen LogP contribution in [-0.4, -0.2) is 56.6 Å². The summed E-state index contributed by atoms with van der Waals surface area (Å²) in [5.41, 5.74) is 2.99. The number of hydrogen-bond acceptors (Lipinski definition) is 7. The van der Waals surface area contributed by atoms with Gasteiger partial charge in [0.15, 0.2) is 5.75 Å². The Bertz CT molecular complexity index is 1490. The van der Waals surface area contributed by atoms with E-state index in [1.54, 1.807) is 18.5 Å². The van der Waals surface area contributed by atoms with Crippen molar-refractivity contribution in [1.82, 2.24) is 19.9 Å². The van der Waals surface area contributed by atoms with E-state index in [0.717, 1.165) is 49.6 Å². The molecule has 2 saturated heterocycles. The van der Waals surface area contributed by atoms with Crippen molar-refractivity contribution in [1.29, 1.82) is 0 Å². The molecule has 3 aliphatic rings. The molecule has 46 heavy (non-hydrogen) atoms. The van der Waals surface area contributed by atoms with Gasteiger partial charge < -0.3 is 14.7 Å². The predicted octanol–water partition coefficient (Wildman–Crippen LogP) is 8.90. The van der Waals surface area contributed by atoms with E-state index in [4.69, 9.17) is 42.9 Å². The lowest BCUT2D eigenvalue weighted by molar-refractivity contribution is -0.138. The summed E-state index contributed by atoms with van der Waals surface area (Å²) in [6.45, 7) is 8.22. The maximum Gasteiger partial charge on any atom is 0.303 e. The first-order valence-corrected chi connectivity index (χ1v) is 17.5. The number of halogens is 2. The predicted molar refractivity (Wildman–Crippen MR) is 183 cm³/mol. The zero-order valence-electron chi connectivity index (χ0n) is 26.9. The molecule has 3 aromatic rings. The molecule has 2 aromatic heterocycles. The fraction of sp³-hybridized carbons (Fsp3) is 0.556. The third kappa shape index (κ3) is 8.50. The Morgan fingerprint density at radius 2 is 1.67 bits per heavy atom. The highest BCUT2D eigenvalue weighted by Gasteiger charge is 2.35. The third-order valence-electron chi connectivity index (χ3n) is 10.2. The van der Waals surface area contributed by atoms with Gasteiger partial charge in [-0.15, -0.1) is 0 Å². The number of aliphatic carboxylic acids is 1. The summed E-state index contributed by atoms with van der Waals surface area (Å²) in [5.74, 6) is 1.96. The van der Waals surface area contributed by atoms with Crippen LogP contribution in [0, 0.1) is 17.3 Å². The number of fused-ring (bicyclic) bond motifs is 1. The van der Waals surface area contributed by atoms with E-state index in [0.29, 0.717) is 51.3 Å². The number of nitrogens with zero attached hydrogens (tertiary/aromatic N) is 5. The lowest BCUT2D eigenvalue weighted by atomic mass is 9.72. The fourth-order valence-electron chi connectivity index (χ4n) is 7.64. The number of carboxylic acid groups (broad SMARTS) is 1. The number of aromatic nitrogens is 3. The molecule has 6 rings (SSSR count). The van der Waals surface area contributed by atoms with Crippen molar-refractivity contribution in [2.45, 2.75) is 90.6 Å². The van der Waals surface area contributed by atoms with Crippen LogP contribution in [0.25, 0.3) is 11.3 Å². The highest BCUT2D eigenvalue weighted by molar-refractivity contribution is 6.35. The van der Waals surface area contributed by atoms with Gasteiger partial charge in [0.25, 0.3) is 0 Å². The Labute approximate surface area is 282 Å². The van der Waals surface area contributed by atoms with Crippen molar-refractivity contribution in [3.8, 4) is 22.9 Å². The van der Waals surface area contributed by atoms with Gasteiger partial charge in [-0.2, -0.15) is 0 Å². The Hall–Kier alpha value is -2.94. The summed E-state index contributed by atoms with van der Waals surface area (Å²) in [7, 11) is 0. The number of pyridine rings is 1. The highest BCUT2D eigenvalue weighted by atomic mass is 35.5. The Morgan fingerprint density at radius 1 is 0.935 bits per heavy atom. The average Bonchev–Trinajstić information content (AvgIpc) is 3.00. The number of likely N-dealkylation sites (tertiary alicyclic amines) is 1. The first-order chi connectivity index (χ1) is 22.1. The van der Waals surface area contributed by atoms with E-state index in [1.807, 2.05) is 24.3 Å². The van der Waals surface area contributed by atoms with Crippen LogP contribution in [0.1, 0.15) is 83.6 Å². The van der Waals surface area contributed by atoms with E-state index in [9.17, 15) is 9.90 Å². The minimum absolute atomic E-state index is 0.229. The molecule has 0 amide bonds. The van der Waals surface area contributed by atoms with Crippen molar-refractivity contribution >= 4 is 35.1 Å². The van der Waals surface area contributed by atoms with Gasteiger partial charge in [0.2, 0.25) is 11.8 Å². The molecule has 1 N–H and O–H groups in total. The van der Waals surface area contributed by atoms with Crippen molar-refractivity contribution in [2.24, 2.45) is 17.3 Å². The molecule has 1 aromatic carbocycles. The van der Waals surface area contributed by atoms with Gasteiger partial charge in [-0.25, -0.2) is 15.0 Å². The summed E-state index contributed by atoms with van der Waals surface area (Å²) in [4.78, 5) is 30.4. The van der Waals surface area contributed by atoms with Crippen LogP contribution in [-0.2, 0) is 11.3 Å². The molecule has 10 heteroatoms. The average molecular weight is 667 g/mol. The van der Waals surface area contributed by atoms with E-state index in [1.165, 1.54) is 44.9 Å². The second-order valence-corrected chi connectivity index (χ2v) is 15.1. The molecule has 2 unspecified atom stereocenters. The fourth-order valence-corrected chi connectivity index (χ4v) is 8.17. The standard InChI is InChI=1S/C36H45Cl2N5O3/c1-36(2)10-3-6-32-26(7-11-36)5-4-12-43(32)35-39-21-30(22-40-35)46-33-16-25(23-42-13-8-24(9-14-42)17-34(44)45)15-31(41-33)27-18-28(37)20-29(38)19-27/h15-16,18-22,24,26,32H,3-14,17,23H2,1-2H3,(H,44,45). The number of benzene rings is 1. The van der Waals surface area contributed by atoms with E-state index in [-0.39, 0.29) is 12.3 Å². The molecule has 246 valence electrons. The molecule has 0 bridgehead atoms. The van der Waals surface area contributed by atoms with Crippen molar-refractivity contribution in [2.75, 3.05) is 24.5 Å². The van der Waals surface area contributed by atoms with Crippen LogP contribution in [0.2, 0.25) is 10.0 Å². The summed E-state index contributed by atoms with van der Waals surface area (Å²) in [6, 6.07) is 9.90. The molecule has 1 saturated carbocycles. The molecule has 1 aliphatic carbocycles. The number of piperidine rings is 2. The molecule has 2 aliphatic heterocycles. The minimum Gasteiger partial charge on any atom is -0.481 e. The van der Waals surface area contributed by atoms with E-state index >= 15 is 0 Å². The number of rotatable bonds is 8. The van der Waals surface area contributed by atoms with Crippen LogP contribution in [0.4, 0.5) is 5.95 Å². The van der Waals surface area contributed by atoms with Crippen LogP contribution in [0.15, 0.2) is 42.7 Å².